The zero-order chi connectivity index (χ0) is 22.9. The number of carbonyl (C=O) groups excluding carboxylic acids is 1. The smallest absolute Gasteiger partial charge is 0.259 e. The number of hydrogen-bond acceptors (Lipinski definition) is 5. The van der Waals surface area contributed by atoms with E-state index in [0.29, 0.717) is 6.54 Å². The first-order valence-corrected chi connectivity index (χ1v) is 13.0. The minimum atomic E-state index is -0.186. The second-order valence-corrected chi connectivity index (χ2v) is 10.2. The maximum Gasteiger partial charge on any atom is 0.259 e. The van der Waals surface area contributed by atoms with E-state index in [4.69, 9.17) is 15.5 Å². The molecular weight excluding hydrogens is 559 g/mol. The number of ether oxygens (including phenoxy) is 1. The Kier molecular flexibility index (Phi) is 8.09. The number of aromatic nitrogens is 1. The van der Waals surface area contributed by atoms with Crippen LogP contribution < -0.4 is 39.5 Å². The van der Waals surface area contributed by atoms with Gasteiger partial charge in [0.2, 0.25) is 17.2 Å². The Hall–Kier alpha value is -1.78. The fraction of sp³-hybridized carbons (Fsp3) is 0.500. The molecule has 2 fully saturated rings. The molecule has 1 aromatic heterocycles. The lowest BCUT2D eigenvalue weighted by Crippen LogP contribution is -3.00. The summed E-state index contributed by atoms with van der Waals surface area (Å²) in [7, 11) is 0. The van der Waals surface area contributed by atoms with Gasteiger partial charge >= 0.3 is 0 Å². The number of anilines is 2. The van der Waals surface area contributed by atoms with Gasteiger partial charge in [0.15, 0.2) is 0 Å². The number of halogens is 1. The monoisotopic (exact) mass is 592 g/mol. The number of primary amides is 1. The second kappa shape index (κ2) is 10.9. The number of fused-ring (bicyclic) bond motifs is 2. The average molecular weight is 593 g/mol. The first-order valence-electron chi connectivity index (χ1n) is 12.2. The maximum atomic E-state index is 11.8. The molecule has 0 spiro atoms. The molecule has 34 heavy (non-hydrogen) atoms. The van der Waals surface area contributed by atoms with Crippen LogP contribution in [-0.2, 0) is 22.4 Å². The number of amides is 1. The molecule has 2 aromatic carbocycles. The van der Waals surface area contributed by atoms with Gasteiger partial charge in [-0.1, -0.05) is 13.8 Å². The highest BCUT2D eigenvalue weighted by Gasteiger charge is 2.27. The van der Waals surface area contributed by atoms with Gasteiger partial charge in [0.25, 0.3) is 9.40 Å². The number of hydrogen-bond donors (Lipinski definition) is 1. The fourth-order valence-corrected chi connectivity index (χ4v) is 6.25. The Labute approximate surface area is 222 Å². The molecule has 2 aliphatic heterocycles. The minimum Gasteiger partial charge on any atom is -1.00 e. The Morgan fingerprint density at radius 2 is 1.59 bits per heavy atom. The third kappa shape index (κ3) is 4.95. The number of morpholine rings is 1. The highest BCUT2D eigenvalue weighted by molar-refractivity contribution is 7.24. The zero-order valence-corrected chi connectivity index (χ0v) is 23.0. The van der Waals surface area contributed by atoms with E-state index in [9.17, 15) is 4.79 Å². The van der Waals surface area contributed by atoms with Crippen LogP contribution in [0.4, 0.5) is 11.4 Å². The average Bonchev–Trinajstić information content (AvgIpc) is 2.86. The number of aryl methyl sites for hydroxylation is 2. The zero-order valence-electron chi connectivity index (χ0n) is 20.0. The van der Waals surface area contributed by atoms with Crippen LogP contribution in [0.5, 0.6) is 0 Å². The van der Waals surface area contributed by atoms with Gasteiger partial charge in [0.1, 0.15) is 11.0 Å². The molecule has 3 heterocycles. The third-order valence-electron chi connectivity index (χ3n) is 7.05. The van der Waals surface area contributed by atoms with Crippen LogP contribution in [0.1, 0.15) is 37.8 Å². The lowest BCUT2D eigenvalue weighted by molar-refractivity contribution is -0.122. The summed E-state index contributed by atoms with van der Waals surface area (Å²) < 4.78 is 8.00. The molecule has 1 unspecified atom stereocenters. The molecule has 6 nitrogen and oxygen atoms in total. The number of benzene rings is 2. The van der Waals surface area contributed by atoms with E-state index in [2.05, 4.69) is 47.9 Å². The largest absolute Gasteiger partial charge is 1.00 e. The molecule has 182 valence electrons. The third-order valence-corrected chi connectivity index (χ3v) is 8.11. The van der Waals surface area contributed by atoms with Gasteiger partial charge in [-0.2, -0.15) is 0 Å². The van der Waals surface area contributed by atoms with Gasteiger partial charge in [-0.3, -0.25) is 4.79 Å². The van der Waals surface area contributed by atoms with E-state index in [1.807, 2.05) is 11.3 Å². The van der Waals surface area contributed by atoms with Crippen LogP contribution >= 0.6 is 11.3 Å². The normalized spacial score (nSPS) is 18.8. The van der Waals surface area contributed by atoms with Gasteiger partial charge in [-0.05, 0) is 48.9 Å². The van der Waals surface area contributed by atoms with Gasteiger partial charge in [0.05, 0.1) is 19.1 Å². The van der Waals surface area contributed by atoms with Crippen molar-refractivity contribution in [2.75, 3.05) is 49.2 Å². The predicted molar refractivity (Wildman–Crippen MR) is 137 cm³/mol. The molecule has 1 amide bonds. The molecule has 0 saturated carbocycles. The van der Waals surface area contributed by atoms with E-state index < -0.39 is 0 Å². The molecular formula is C26H33IN4O2S. The maximum absolute atomic E-state index is 11.8. The van der Waals surface area contributed by atoms with Crippen molar-refractivity contribution in [3.8, 4) is 0 Å². The van der Waals surface area contributed by atoms with Crippen LogP contribution in [-0.4, -0.2) is 50.3 Å². The summed E-state index contributed by atoms with van der Waals surface area (Å²) in [5, 5.41) is 0. The molecule has 5 rings (SSSR count). The number of nitrogens with two attached hydrogens (primary N) is 1. The van der Waals surface area contributed by atoms with E-state index >= 15 is 0 Å². The summed E-state index contributed by atoms with van der Waals surface area (Å²) in [6.07, 6.45) is 3.77. The molecule has 8 heteroatoms. The summed E-state index contributed by atoms with van der Waals surface area (Å²) in [5.41, 5.74) is 12.9. The first kappa shape index (κ1) is 25.3. The van der Waals surface area contributed by atoms with Crippen molar-refractivity contribution >= 4 is 49.1 Å². The summed E-state index contributed by atoms with van der Waals surface area (Å²) in [6, 6.07) is 9.16. The minimum absolute atomic E-state index is 0. The lowest BCUT2D eigenvalue weighted by Gasteiger charge is -2.33. The van der Waals surface area contributed by atoms with Crippen LogP contribution in [0, 0.1) is 5.92 Å². The number of nitrogens with zero attached hydrogens (tertiary/aromatic N) is 3. The summed E-state index contributed by atoms with van der Waals surface area (Å²) in [4.78, 5) is 21.8. The molecule has 0 bridgehead atoms. The number of rotatable bonds is 5. The molecule has 0 aliphatic carbocycles. The standard InChI is InChI=1S/C26H32N4O2S.HI/c1-3-17-12-20(29-8-10-32-11-9-29)14-22-24(17)28-25-18(4-2)13-21(15-23(25)33-22)30-7-5-6-19(16-30)26(27)31;/h12-15,19H,3-11,16H2,1-2H3,(H-,27,31);1H. The predicted octanol–water partition coefficient (Wildman–Crippen LogP) is 1.40. The SMILES string of the molecule is CCc1cc(N2CCOCC2)cc2[s+]c3cc(N4CCCC(C(N)=O)C4)cc(CC)c3nc12.[I-]. The topological polar surface area (TPSA) is 71.7 Å². The molecule has 0 radical (unpaired) electrons. The molecule has 2 saturated heterocycles. The van der Waals surface area contributed by atoms with E-state index in [-0.39, 0.29) is 35.8 Å². The number of piperidine rings is 1. The van der Waals surface area contributed by atoms with Gasteiger partial charge < -0.3 is 44.2 Å². The second-order valence-electron chi connectivity index (χ2n) is 9.11. The van der Waals surface area contributed by atoms with Crippen molar-refractivity contribution < 1.29 is 33.5 Å². The summed E-state index contributed by atoms with van der Waals surface area (Å²) in [5.74, 6) is -0.254. The van der Waals surface area contributed by atoms with Crippen molar-refractivity contribution in [1.82, 2.24) is 4.98 Å². The van der Waals surface area contributed by atoms with Crippen LogP contribution in [0.25, 0.3) is 20.4 Å². The first-order chi connectivity index (χ1) is 16.1. The quantitative estimate of drug-likeness (QED) is 0.276. The number of carbonyl (C=O) groups is 1. The Balaban J connectivity index is 0.00000274. The van der Waals surface area contributed by atoms with Crippen molar-refractivity contribution in [3.05, 3.63) is 35.4 Å². The lowest BCUT2D eigenvalue weighted by atomic mass is 9.96. The van der Waals surface area contributed by atoms with Crippen LogP contribution in [0.2, 0.25) is 0 Å². The van der Waals surface area contributed by atoms with E-state index in [1.165, 1.54) is 31.9 Å². The molecule has 2 N–H and O–H groups in total. The Morgan fingerprint density at radius 3 is 2.15 bits per heavy atom. The Bertz CT molecular complexity index is 1200. The van der Waals surface area contributed by atoms with Crippen molar-refractivity contribution in [1.29, 1.82) is 0 Å². The van der Waals surface area contributed by atoms with Gasteiger partial charge in [-0.25, -0.2) is 4.98 Å². The van der Waals surface area contributed by atoms with E-state index in [1.54, 1.807) is 0 Å². The van der Waals surface area contributed by atoms with Gasteiger partial charge in [0, 0.05) is 49.7 Å². The summed E-state index contributed by atoms with van der Waals surface area (Å²) in [6.45, 7) is 9.50. The van der Waals surface area contributed by atoms with Crippen molar-refractivity contribution in [2.24, 2.45) is 11.7 Å². The van der Waals surface area contributed by atoms with Gasteiger partial charge in [-0.15, -0.1) is 0 Å². The molecule has 1 atom stereocenters. The molecule has 2 aliphatic rings. The summed E-state index contributed by atoms with van der Waals surface area (Å²) >= 11 is 1.84. The van der Waals surface area contributed by atoms with Crippen molar-refractivity contribution in [3.63, 3.8) is 0 Å². The highest BCUT2D eigenvalue weighted by Crippen LogP contribution is 2.36. The van der Waals surface area contributed by atoms with E-state index in [0.717, 1.165) is 69.6 Å². The fourth-order valence-electron chi connectivity index (χ4n) is 5.11. The van der Waals surface area contributed by atoms with Crippen molar-refractivity contribution in [2.45, 2.75) is 39.5 Å². The van der Waals surface area contributed by atoms with Crippen LogP contribution in [0.15, 0.2) is 24.3 Å². The Morgan fingerprint density at radius 1 is 1.00 bits per heavy atom. The van der Waals surface area contributed by atoms with Crippen LogP contribution in [0.3, 0.4) is 0 Å². The molecule has 3 aromatic rings. The highest BCUT2D eigenvalue weighted by atomic mass is 127.